The van der Waals surface area contributed by atoms with E-state index < -0.39 is 4.92 Å². The first-order chi connectivity index (χ1) is 10.9. The molecule has 7 heteroatoms. The van der Waals surface area contributed by atoms with E-state index in [2.05, 4.69) is 10.2 Å². The number of carbonyl (C=O) groups excluding carboxylic acids is 1. The number of anilines is 1. The van der Waals surface area contributed by atoms with Gasteiger partial charge in [-0.2, -0.15) is 5.26 Å². The van der Waals surface area contributed by atoms with E-state index in [9.17, 15) is 14.9 Å². The van der Waals surface area contributed by atoms with Crippen LogP contribution in [0.25, 0.3) is 0 Å². The summed E-state index contributed by atoms with van der Waals surface area (Å²) in [7, 11) is 0. The van der Waals surface area contributed by atoms with Crippen molar-refractivity contribution in [3.8, 4) is 6.07 Å². The fraction of sp³-hybridized carbons (Fsp3) is 0.500. The Kier molecular flexibility index (Phi) is 5.16. The minimum absolute atomic E-state index is 0.0262. The molecular formula is C16H20N4O3. The highest BCUT2D eigenvalue weighted by molar-refractivity contribution is 5.78. The number of hydrogen-bond donors (Lipinski definition) is 1. The van der Waals surface area contributed by atoms with Crippen LogP contribution in [0.5, 0.6) is 0 Å². The molecule has 1 saturated heterocycles. The number of benzene rings is 1. The van der Waals surface area contributed by atoms with E-state index in [4.69, 9.17) is 5.26 Å². The number of nitriles is 1. The second-order valence-corrected chi connectivity index (χ2v) is 6.02. The number of rotatable bonds is 4. The summed E-state index contributed by atoms with van der Waals surface area (Å²) >= 11 is 0. The number of nitrogens with zero attached hydrogens (tertiary/aromatic N) is 3. The Labute approximate surface area is 135 Å². The second kappa shape index (κ2) is 7.09. The zero-order valence-corrected chi connectivity index (χ0v) is 13.3. The average molecular weight is 316 g/mol. The van der Waals surface area contributed by atoms with Crippen LogP contribution in [-0.2, 0) is 4.79 Å². The van der Waals surface area contributed by atoms with Crippen molar-refractivity contribution in [1.82, 2.24) is 5.32 Å². The molecule has 1 aromatic carbocycles. The fourth-order valence-electron chi connectivity index (χ4n) is 2.67. The predicted octanol–water partition coefficient (Wildman–Crippen LogP) is 2.21. The Bertz CT molecular complexity index is 651. The topological polar surface area (TPSA) is 99.3 Å². The average Bonchev–Trinajstić information content (AvgIpc) is 2.54. The van der Waals surface area contributed by atoms with Crippen LogP contribution in [0.1, 0.15) is 32.3 Å². The van der Waals surface area contributed by atoms with Gasteiger partial charge in [-0.1, -0.05) is 13.8 Å². The van der Waals surface area contributed by atoms with Crippen molar-refractivity contribution < 1.29 is 9.72 Å². The first-order valence-corrected chi connectivity index (χ1v) is 7.66. The second-order valence-electron chi connectivity index (χ2n) is 6.02. The van der Waals surface area contributed by atoms with Crippen molar-refractivity contribution in [1.29, 1.82) is 5.26 Å². The van der Waals surface area contributed by atoms with Crippen molar-refractivity contribution in [2.24, 2.45) is 5.92 Å². The number of nitro benzene ring substituents is 1. The lowest BCUT2D eigenvalue weighted by Gasteiger charge is -2.35. The van der Waals surface area contributed by atoms with E-state index in [0.717, 1.165) is 25.1 Å². The van der Waals surface area contributed by atoms with Gasteiger partial charge >= 0.3 is 0 Å². The molecule has 2 rings (SSSR count). The quantitative estimate of drug-likeness (QED) is 0.678. The number of nitro groups is 1. The minimum atomic E-state index is -0.551. The van der Waals surface area contributed by atoms with Crippen molar-refractivity contribution in [3.05, 3.63) is 33.9 Å². The van der Waals surface area contributed by atoms with Crippen LogP contribution >= 0.6 is 0 Å². The Hall–Kier alpha value is -2.62. The highest BCUT2D eigenvalue weighted by Crippen LogP contribution is 2.26. The Balaban J connectivity index is 2.14. The fourth-order valence-corrected chi connectivity index (χ4v) is 2.67. The van der Waals surface area contributed by atoms with Gasteiger partial charge in [0.05, 0.1) is 4.92 Å². The molecule has 0 unspecified atom stereocenters. The molecule has 1 fully saturated rings. The van der Waals surface area contributed by atoms with E-state index in [1.54, 1.807) is 12.1 Å². The third kappa shape index (κ3) is 3.97. The molecule has 23 heavy (non-hydrogen) atoms. The Morgan fingerprint density at radius 3 is 2.87 bits per heavy atom. The van der Waals surface area contributed by atoms with Crippen LogP contribution in [0, 0.1) is 27.4 Å². The lowest BCUT2D eigenvalue weighted by atomic mass is 10.0. The van der Waals surface area contributed by atoms with Gasteiger partial charge in [0, 0.05) is 36.8 Å². The monoisotopic (exact) mass is 316 g/mol. The number of piperidine rings is 1. The maximum atomic E-state index is 11.8. The number of hydrogen-bond acceptors (Lipinski definition) is 5. The summed E-state index contributed by atoms with van der Waals surface area (Å²) in [6.07, 6.45) is 1.83. The molecule has 122 valence electrons. The Morgan fingerprint density at radius 1 is 1.52 bits per heavy atom. The van der Waals surface area contributed by atoms with E-state index in [-0.39, 0.29) is 29.1 Å². The predicted molar refractivity (Wildman–Crippen MR) is 86.0 cm³/mol. The van der Waals surface area contributed by atoms with Crippen LogP contribution < -0.4 is 10.2 Å². The van der Waals surface area contributed by atoms with Gasteiger partial charge in [-0.05, 0) is 25.0 Å². The molecule has 1 N–H and O–H groups in total. The van der Waals surface area contributed by atoms with E-state index in [1.807, 2.05) is 19.9 Å². The van der Waals surface area contributed by atoms with E-state index in [1.165, 1.54) is 6.07 Å². The van der Waals surface area contributed by atoms with Gasteiger partial charge in [0.25, 0.3) is 5.69 Å². The molecule has 0 aromatic heterocycles. The van der Waals surface area contributed by atoms with Crippen LogP contribution in [0.15, 0.2) is 18.2 Å². The maximum Gasteiger partial charge on any atom is 0.287 e. The third-order valence-corrected chi connectivity index (χ3v) is 3.95. The molecule has 1 heterocycles. The molecule has 1 aliphatic heterocycles. The summed E-state index contributed by atoms with van der Waals surface area (Å²) in [6, 6.07) is 6.50. The lowest BCUT2D eigenvalue weighted by Crippen LogP contribution is -2.48. The summed E-state index contributed by atoms with van der Waals surface area (Å²) in [5.74, 6) is -0.0341. The van der Waals surface area contributed by atoms with Gasteiger partial charge < -0.3 is 10.2 Å². The number of carbonyl (C=O) groups is 1. The Morgan fingerprint density at radius 2 is 2.26 bits per heavy atom. The van der Waals surface area contributed by atoms with Gasteiger partial charge in [0.2, 0.25) is 5.91 Å². The molecule has 1 aromatic rings. The van der Waals surface area contributed by atoms with Crippen molar-refractivity contribution in [2.45, 2.75) is 32.7 Å². The van der Waals surface area contributed by atoms with Gasteiger partial charge in [-0.15, -0.1) is 0 Å². The van der Waals surface area contributed by atoms with E-state index >= 15 is 0 Å². The third-order valence-electron chi connectivity index (χ3n) is 3.95. The first-order valence-electron chi connectivity index (χ1n) is 7.66. The molecule has 1 amide bonds. The molecule has 0 aliphatic carbocycles. The van der Waals surface area contributed by atoms with Crippen LogP contribution in [-0.4, -0.2) is 30.0 Å². The normalized spacial score (nSPS) is 17.7. The molecule has 0 saturated carbocycles. The SMILES string of the molecule is CC(C)C(=O)N[C@H]1CCCN(c2ccc([N+](=O)[O-])c(C#N)c2)C1. The summed E-state index contributed by atoms with van der Waals surface area (Å²) in [5.41, 5.74) is 0.648. The molecule has 1 aliphatic rings. The molecule has 0 radical (unpaired) electrons. The van der Waals surface area contributed by atoms with Crippen molar-refractivity contribution in [2.75, 3.05) is 18.0 Å². The largest absolute Gasteiger partial charge is 0.369 e. The lowest BCUT2D eigenvalue weighted by molar-refractivity contribution is -0.385. The first kappa shape index (κ1) is 16.7. The smallest absolute Gasteiger partial charge is 0.287 e. The summed E-state index contributed by atoms with van der Waals surface area (Å²) in [6.45, 7) is 5.15. The maximum absolute atomic E-state index is 11.8. The highest BCUT2D eigenvalue weighted by atomic mass is 16.6. The zero-order chi connectivity index (χ0) is 17.0. The van der Waals surface area contributed by atoms with E-state index in [0.29, 0.717) is 6.54 Å². The van der Waals surface area contributed by atoms with Gasteiger partial charge in [0.15, 0.2) is 0 Å². The molecule has 7 nitrogen and oxygen atoms in total. The minimum Gasteiger partial charge on any atom is -0.369 e. The van der Waals surface area contributed by atoms with Crippen molar-refractivity contribution in [3.63, 3.8) is 0 Å². The number of amides is 1. The van der Waals surface area contributed by atoms with Crippen LogP contribution in [0.4, 0.5) is 11.4 Å². The van der Waals surface area contributed by atoms with Gasteiger partial charge in [-0.25, -0.2) is 0 Å². The van der Waals surface area contributed by atoms with Crippen molar-refractivity contribution >= 4 is 17.3 Å². The summed E-state index contributed by atoms with van der Waals surface area (Å²) in [4.78, 5) is 24.2. The molecule has 0 spiro atoms. The van der Waals surface area contributed by atoms with Crippen LogP contribution in [0.2, 0.25) is 0 Å². The zero-order valence-electron chi connectivity index (χ0n) is 13.3. The van der Waals surface area contributed by atoms with Gasteiger partial charge in [0.1, 0.15) is 11.6 Å². The molecular weight excluding hydrogens is 296 g/mol. The standard InChI is InChI=1S/C16H20N4O3/c1-11(2)16(21)18-13-4-3-7-19(10-13)14-5-6-15(20(22)23)12(8-14)9-17/h5-6,8,11,13H,3-4,7,10H2,1-2H3,(H,18,21)/t13-/m0/s1. The van der Waals surface area contributed by atoms with Gasteiger partial charge in [-0.3, -0.25) is 14.9 Å². The molecule has 0 bridgehead atoms. The summed E-state index contributed by atoms with van der Waals surface area (Å²) in [5, 5.41) is 23.0. The molecule has 1 atom stereocenters. The summed E-state index contributed by atoms with van der Waals surface area (Å²) < 4.78 is 0. The van der Waals surface area contributed by atoms with Crippen LogP contribution in [0.3, 0.4) is 0 Å². The number of nitrogens with one attached hydrogen (secondary N) is 1. The highest BCUT2D eigenvalue weighted by Gasteiger charge is 2.24.